The zero-order valence-electron chi connectivity index (χ0n) is 11.5. The van der Waals surface area contributed by atoms with E-state index in [-0.39, 0.29) is 0 Å². The topological polar surface area (TPSA) is 21.3 Å². The molecule has 0 heterocycles. The minimum absolute atomic E-state index is 0.338. The molecule has 1 rings (SSSR count). The first-order valence-electron chi connectivity index (χ1n) is 6.55. The van der Waals surface area contributed by atoms with Gasteiger partial charge in [-0.1, -0.05) is 38.5 Å². The molecule has 0 saturated carbocycles. The predicted octanol–water partition coefficient (Wildman–Crippen LogP) is 3.78. The first kappa shape index (κ1) is 14.0. The summed E-state index contributed by atoms with van der Waals surface area (Å²) in [5.74, 6) is 1.70. The molecule has 0 aliphatic carbocycles. The lowest BCUT2D eigenvalue weighted by Crippen LogP contribution is -2.24. The highest BCUT2D eigenvalue weighted by atomic mass is 16.5. The van der Waals surface area contributed by atoms with Crippen LogP contribution in [0.3, 0.4) is 0 Å². The summed E-state index contributed by atoms with van der Waals surface area (Å²) in [6, 6.07) is 8.55. The van der Waals surface area contributed by atoms with Gasteiger partial charge >= 0.3 is 0 Å². The molecule has 0 bridgehead atoms. The number of hydrogen-bond donors (Lipinski definition) is 1. The van der Waals surface area contributed by atoms with E-state index in [1.165, 1.54) is 18.4 Å². The molecule has 0 fully saturated rings. The predicted molar refractivity (Wildman–Crippen MR) is 73.5 cm³/mol. The molecule has 0 aliphatic rings. The molecule has 96 valence electrons. The van der Waals surface area contributed by atoms with E-state index in [0.717, 1.165) is 18.2 Å². The number of hydrogen-bond acceptors (Lipinski definition) is 2. The molecular formula is C15H25NO. The molecule has 1 N–H and O–H groups in total. The van der Waals surface area contributed by atoms with Crippen LogP contribution < -0.4 is 10.1 Å². The number of para-hydroxylation sites is 1. The highest BCUT2D eigenvalue weighted by Crippen LogP contribution is 2.24. The third kappa shape index (κ3) is 4.39. The molecule has 0 saturated heterocycles. The van der Waals surface area contributed by atoms with Crippen LogP contribution in [0.5, 0.6) is 5.75 Å². The van der Waals surface area contributed by atoms with Crippen LogP contribution in [0.1, 0.15) is 45.2 Å². The Morgan fingerprint density at radius 3 is 2.59 bits per heavy atom. The molecule has 2 heteroatoms. The molecular weight excluding hydrogens is 210 g/mol. The molecule has 0 spiro atoms. The lowest BCUT2D eigenvalue weighted by atomic mass is 10.0. The molecule has 2 nitrogen and oxygen atoms in total. The van der Waals surface area contributed by atoms with E-state index < -0.39 is 0 Å². The zero-order chi connectivity index (χ0) is 12.7. The third-order valence-corrected chi connectivity index (χ3v) is 3.16. The molecule has 0 aromatic heterocycles. The average Bonchev–Trinajstić information content (AvgIpc) is 2.36. The number of ether oxygens (including phenoxy) is 1. The lowest BCUT2D eigenvalue weighted by molar-refractivity contribution is 0.394. The second-order valence-electron chi connectivity index (χ2n) is 4.77. The monoisotopic (exact) mass is 235 g/mol. The van der Waals surface area contributed by atoms with Gasteiger partial charge in [-0.2, -0.15) is 0 Å². The summed E-state index contributed by atoms with van der Waals surface area (Å²) in [6.07, 6.45) is 2.54. The first-order valence-corrected chi connectivity index (χ1v) is 6.55. The van der Waals surface area contributed by atoms with E-state index in [0.29, 0.717) is 6.04 Å². The van der Waals surface area contributed by atoms with Gasteiger partial charge in [0.15, 0.2) is 0 Å². The summed E-state index contributed by atoms with van der Waals surface area (Å²) in [6.45, 7) is 7.79. The number of nitrogens with one attached hydrogen (secondary N) is 1. The van der Waals surface area contributed by atoms with Crippen molar-refractivity contribution in [3.8, 4) is 5.75 Å². The average molecular weight is 235 g/mol. The zero-order valence-corrected chi connectivity index (χ0v) is 11.5. The van der Waals surface area contributed by atoms with Crippen LogP contribution >= 0.6 is 0 Å². The van der Waals surface area contributed by atoms with Crippen molar-refractivity contribution in [1.29, 1.82) is 0 Å². The van der Waals surface area contributed by atoms with E-state index in [1.54, 1.807) is 7.11 Å². The van der Waals surface area contributed by atoms with E-state index in [2.05, 4.69) is 38.2 Å². The van der Waals surface area contributed by atoms with Gasteiger partial charge in [0.1, 0.15) is 5.75 Å². The fourth-order valence-electron chi connectivity index (χ4n) is 2.11. The van der Waals surface area contributed by atoms with Crippen molar-refractivity contribution >= 4 is 0 Å². The molecule has 0 amide bonds. The quantitative estimate of drug-likeness (QED) is 0.776. The van der Waals surface area contributed by atoms with Crippen molar-refractivity contribution in [3.05, 3.63) is 29.8 Å². The maximum absolute atomic E-state index is 5.38. The van der Waals surface area contributed by atoms with E-state index in [9.17, 15) is 0 Å². The fraction of sp³-hybridized carbons (Fsp3) is 0.600. The van der Waals surface area contributed by atoms with Crippen molar-refractivity contribution in [2.24, 2.45) is 5.92 Å². The number of benzene rings is 1. The van der Waals surface area contributed by atoms with Crippen LogP contribution in [0.15, 0.2) is 24.3 Å². The highest BCUT2D eigenvalue weighted by molar-refractivity contribution is 5.35. The normalized spacial score (nSPS) is 14.4. The van der Waals surface area contributed by atoms with Gasteiger partial charge in [0.05, 0.1) is 7.11 Å². The Labute approximate surface area is 105 Å². The Bertz CT molecular complexity index is 324. The molecule has 17 heavy (non-hydrogen) atoms. The summed E-state index contributed by atoms with van der Waals surface area (Å²) >= 11 is 0. The fourth-order valence-corrected chi connectivity index (χ4v) is 2.11. The Morgan fingerprint density at radius 1 is 1.24 bits per heavy atom. The van der Waals surface area contributed by atoms with Crippen molar-refractivity contribution in [1.82, 2.24) is 5.32 Å². The maximum Gasteiger partial charge on any atom is 0.123 e. The SMILES string of the molecule is CCCC(C)CNC(C)c1ccccc1OC. The molecule has 2 unspecified atom stereocenters. The summed E-state index contributed by atoms with van der Waals surface area (Å²) in [4.78, 5) is 0. The second kappa shape index (κ2) is 7.33. The molecule has 1 aromatic carbocycles. The van der Waals surface area contributed by atoms with Crippen LogP contribution in [-0.2, 0) is 0 Å². The van der Waals surface area contributed by atoms with Gasteiger partial charge in [0, 0.05) is 11.6 Å². The van der Waals surface area contributed by atoms with Gasteiger partial charge in [0.25, 0.3) is 0 Å². The van der Waals surface area contributed by atoms with Gasteiger partial charge in [-0.25, -0.2) is 0 Å². The van der Waals surface area contributed by atoms with Gasteiger partial charge in [-0.15, -0.1) is 0 Å². The Morgan fingerprint density at radius 2 is 1.94 bits per heavy atom. The third-order valence-electron chi connectivity index (χ3n) is 3.16. The van der Waals surface area contributed by atoms with E-state index in [4.69, 9.17) is 4.74 Å². The first-order chi connectivity index (χ1) is 8.19. The number of methoxy groups -OCH3 is 1. The largest absolute Gasteiger partial charge is 0.496 e. The Hall–Kier alpha value is -1.02. The summed E-state index contributed by atoms with van der Waals surface area (Å²) < 4.78 is 5.38. The lowest BCUT2D eigenvalue weighted by Gasteiger charge is -2.19. The van der Waals surface area contributed by atoms with Crippen molar-refractivity contribution < 1.29 is 4.74 Å². The van der Waals surface area contributed by atoms with Crippen LogP contribution in [0.25, 0.3) is 0 Å². The number of rotatable bonds is 7. The van der Waals surface area contributed by atoms with Crippen molar-refractivity contribution in [2.75, 3.05) is 13.7 Å². The minimum Gasteiger partial charge on any atom is -0.496 e. The smallest absolute Gasteiger partial charge is 0.123 e. The highest BCUT2D eigenvalue weighted by Gasteiger charge is 2.11. The van der Waals surface area contributed by atoms with Crippen LogP contribution in [-0.4, -0.2) is 13.7 Å². The Balaban J connectivity index is 2.54. The molecule has 0 radical (unpaired) electrons. The summed E-state index contributed by atoms with van der Waals surface area (Å²) in [5.41, 5.74) is 1.23. The van der Waals surface area contributed by atoms with Crippen LogP contribution in [0.2, 0.25) is 0 Å². The maximum atomic E-state index is 5.38. The van der Waals surface area contributed by atoms with E-state index >= 15 is 0 Å². The molecule has 1 aromatic rings. The van der Waals surface area contributed by atoms with Crippen molar-refractivity contribution in [3.63, 3.8) is 0 Å². The van der Waals surface area contributed by atoms with Crippen LogP contribution in [0.4, 0.5) is 0 Å². The van der Waals surface area contributed by atoms with Gasteiger partial charge in [-0.3, -0.25) is 0 Å². The minimum atomic E-state index is 0.338. The van der Waals surface area contributed by atoms with Gasteiger partial charge < -0.3 is 10.1 Å². The second-order valence-corrected chi connectivity index (χ2v) is 4.77. The van der Waals surface area contributed by atoms with Crippen molar-refractivity contribution in [2.45, 2.75) is 39.7 Å². The molecule has 2 atom stereocenters. The van der Waals surface area contributed by atoms with E-state index in [1.807, 2.05) is 12.1 Å². The standard InChI is InChI=1S/C15H25NO/c1-5-8-12(2)11-16-13(3)14-9-6-7-10-15(14)17-4/h6-7,9-10,12-13,16H,5,8,11H2,1-4H3. The Kier molecular flexibility index (Phi) is 6.06. The summed E-state index contributed by atoms with van der Waals surface area (Å²) in [7, 11) is 1.73. The van der Waals surface area contributed by atoms with Crippen LogP contribution in [0, 0.1) is 5.92 Å². The summed E-state index contributed by atoms with van der Waals surface area (Å²) in [5, 5.41) is 3.58. The van der Waals surface area contributed by atoms with Gasteiger partial charge in [0.2, 0.25) is 0 Å². The van der Waals surface area contributed by atoms with Gasteiger partial charge in [-0.05, 0) is 31.9 Å². The molecule has 0 aliphatic heterocycles.